The molecule has 162 valence electrons. The van der Waals surface area contributed by atoms with Crippen molar-refractivity contribution in [3.05, 3.63) is 59.7 Å². The van der Waals surface area contributed by atoms with Crippen LogP contribution in [0, 0.1) is 5.92 Å². The first-order valence-electron chi connectivity index (χ1n) is 10.0. The monoisotopic (exact) mass is 423 g/mol. The van der Waals surface area contributed by atoms with E-state index in [9.17, 15) is 14.4 Å². The number of ether oxygens (including phenoxy) is 1. The molecule has 3 rings (SSSR count). The Labute approximate surface area is 179 Å². The Morgan fingerprint density at radius 3 is 2.55 bits per heavy atom. The lowest BCUT2D eigenvalue weighted by Gasteiger charge is -2.09. The molecular weight excluding hydrogens is 398 g/mol. The third-order valence-electron chi connectivity index (χ3n) is 4.54. The van der Waals surface area contributed by atoms with E-state index in [2.05, 4.69) is 20.9 Å². The van der Waals surface area contributed by atoms with E-state index in [0.717, 1.165) is 23.0 Å². The number of urea groups is 1. The van der Waals surface area contributed by atoms with Gasteiger partial charge >= 0.3 is 12.0 Å². The normalized spacial score (nSPS) is 10.8. The number of imide groups is 1. The second-order valence-corrected chi connectivity index (χ2v) is 7.50. The summed E-state index contributed by atoms with van der Waals surface area (Å²) >= 11 is 0. The summed E-state index contributed by atoms with van der Waals surface area (Å²) in [4.78, 5) is 35.5. The predicted octanol–water partition coefficient (Wildman–Crippen LogP) is 2.51. The van der Waals surface area contributed by atoms with Crippen LogP contribution in [0.15, 0.2) is 48.5 Å². The van der Waals surface area contributed by atoms with Gasteiger partial charge in [0.05, 0.1) is 17.6 Å². The topological polar surface area (TPSA) is 115 Å². The van der Waals surface area contributed by atoms with Crippen LogP contribution in [0.25, 0.3) is 11.0 Å². The van der Waals surface area contributed by atoms with Gasteiger partial charge in [-0.25, -0.2) is 14.3 Å². The van der Waals surface area contributed by atoms with Crippen molar-refractivity contribution in [1.29, 1.82) is 0 Å². The van der Waals surface area contributed by atoms with Gasteiger partial charge in [0.2, 0.25) is 0 Å². The summed E-state index contributed by atoms with van der Waals surface area (Å²) < 4.78 is 6.76. The van der Waals surface area contributed by atoms with Crippen molar-refractivity contribution < 1.29 is 19.1 Å². The third kappa shape index (κ3) is 6.36. The smallest absolute Gasteiger partial charge is 0.338 e. The average Bonchev–Trinajstić information content (AvgIpc) is 3.15. The van der Waals surface area contributed by atoms with E-state index in [1.165, 1.54) is 0 Å². The van der Waals surface area contributed by atoms with Crippen LogP contribution in [0.4, 0.5) is 4.79 Å². The molecule has 31 heavy (non-hydrogen) atoms. The second-order valence-electron chi connectivity index (χ2n) is 7.50. The maximum absolute atomic E-state index is 12.2. The second kappa shape index (κ2) is 10.3. The number of para-hydroxylation sites is 1. The number of hydrogen-bond donors (Lipinski definition) is 2. The summed E-state index contributed by atoms with van der Waals surface area (Å²) in [5.74, 6) is -0.892. The highest BCUT2D eigenvalue weighted by Gasteiger charge is 2.13. The van der Waals surface area contributed by atoms with Gasteiger partial charge in [0, 0.05) is 6.54 Å². The molecule has 3 amide bonds. The fourth-order valence-electron chi connectivity index (χ4n) is 2.85. The molecule has 0 radical (unpaired) electrons. The van der Waals surface area contributed by atoms with Gasteiger partial charge in [0.1, 0.15) is 5.52 Å². The lowest BCUT2D eigenvalue weighted by atomic mass is 10.1. The van der Waals surface area contributed by atoms with Crippen molar-refractivity contribution in [3.8, 4) is 0 Å². The highest BCUT2D eigenvalue weighted by molar-refractivity contribution is 5.97. The van der Waals surface area contributed by atoms with E-state index in [0.29, 0.717) is 24.6 Å². The van der Waals surface area contributed by atoms with Gasteiger partial charge in [-0.1, -0.05) is 43.3 Å². The van der Waals surface area contributed by atoms with Crippen molar-refractivity contribution in [2.45, 2.75) is 26.8 Å². The van der Waals surface area contributed by atoms with Gasteiger partial charge in [-0.2, -0.15) is 0 Å². The van der Waals surface area contributed by atoms with Crippen LogP contribution in [0.5, 0.6) is 0 Å². The quantitative estimate of drug-likeness (QED) is 0.538. The predicted molar refractivity (Wildman–Crippen MR) is 114 cm³/mol. The minimum atomic E-state index is -0.690. The van der Waals surface area contributed by atoms with E-state index >= 15 is 0 Å². The van der Waals surface area contributed by atoms with E-state index < -0.39 is 24.5 Å². The first kappa shape index (κ1) is 21.9. The fourth-order valence-corrected chi connectivity index (χ4v) is 2.85. The van der Waals surface area contributed by atoms with Gasteiger partial charge in [-0.15, -0.1) is 5.10 Å². The molecule has 0 atom stereocenters. The van der Waals surface area contributed by atoms with Gasteiger partial charge < -0.3 is 10.1 Å². The molecule has 1 aromatic heterocycles. The van der Waals surface area contributed by atoms with E-state index in [1.54, 1.807) is 28.9 Å². The van der Waals surface area contributed by atoms with Gasteiger partial charge in [0.15, 0.2) is 6.61 Å². The zero-order valence-corrected chi connectivity index (χ0v) is 17.5. The van der Waals surface area contributed by atoms with E-state index in [4.69, 9.17) is 4.74 Å². The number of aromatic nitrogens is 3. The molecule has 1 heterocycles. The Balaban J connectivity index is 1.46. The van der Waals surface area contributed by atoms with Crippen LogP contribution >= 0.6 is 0 Å². The van der Waals surface area contributed by atoms with Crippen molar-refractivity contribution in [3.63, 3.8) is 0 Å². The lowest BCUT2D eigenvalue weighted by Crippen LogP contribution is -2.41. The first-order chi connectivity index (χ1) is 14.9. The molecular formula is C22H25N5O4. The number of nitrogens with zero attached hydrogens (tertiary/aromatic N) is 3. The summed E-state index contributed by atoms with van der Waals surface area (Å²) in [6, 6.07) is 13.9. The Bertz CT molecular complexity index is 1060. The molecule has 0 bridgehead atoms. The van der Waals surface area contributed by atoms with Crippen LogP contribution < -0.4 is 10.6 Å². The number of fused-ring (bicyclic) bond motifs is 1. The van der Waals surface area contributed by atoms with Crippen molar-refractivity contribution in [2.75, 3.05) is 13.2 Å². The summed E-state index contributed by atoms with van der Waals surface area (Å²) in [6.45, 7) is 4.50. The van der Waals surface area contributed by atoms with Gasteiger partial charge in [-0.05, 0) is 42.2 Å². The molecule has 9 nitrogen and oxygen atoms in total. The molecule has 9 heteroatoms. The summed E-state index contributed by atoms with van der Waals surface area (Å²) in [5.41, 5.74) is 2.98. The maximum Gasteiger partial charge on any atom is 0.338 e. The number of esters is 1. The largest absolute Gasteiger partial charge is 0.452 e. The van der Waals surface area contributed by atoms with Crippen LogP contribution in [0.3, 0.4) is 0 Å². The molecule has 3 aromatic rings. The standard InChI is InChI=1S/C22H25N5O4/c1-15(2)11-12-23-22(30)24-20(28)14-31-21(29)17-9-7-16(8-10-17)13-27-19-6-4-3-5-18(19)25-26-27/h3-10,15H,11-14H2,1-2H3,(H2,23,24,28,30). The fraction of sp³-hybridized carbons (Fsp3) is 0.318. The molecule has 0 aliphatic heterocycles. The first-order valence-corrected chi connectivity index (χ1v) is 10.0. The SMILES string of the molecule is CC(C)CCNC(=O)NC(=O)COC(=O)c1ccc(Cn2nnc3ccccc32)cc1. The minimum absolute atomic E-state index is 0.307. The van der Waals surface area contributed by atoms with Crippen LogP contribution in [0.1, 0.15) is 36.2 Å². The highest BCUT2D eigenvalue weighted by Crippen LogP contribution is 2.13. The Morgan fingerprint density at radius 1 is 1.06 bits per heavy atom. The molecule has 0 aliphatic rings. The average molecular weight is 423 g/mol. The third-order valence-corrected chi connectivity index (χ3v) is 4.54. The Kier molecular flexibility index (Phi) is 7.31. The molecule has 0 aliphatic carbocycles. The lowest BCUT2D eigenvalue weighted by molar-refractivity contribution is -0.123. The number of amides is 3. The van der Waals surface area contributed by atoms with Crippen LogP contribution in [-0.2, 0) is 16.1 Å². The van der Waals surface area contributed by atoms with E-state index in [-0.39, 0.29) is 0 Å². The summed E-state index contributed by atoms with van der Waals surface area (Å²) in [7, 11) is 0. The van der Waals surface area contributed by atoms with Crippen molar-refractivity contribution in [2.24, 2.45) is 5.92 Å². The van der Waals surface area contributed by atoms with E-state index in [1.807, 2.05) is 38.1 Å². The molecule has 0 saturated carbocycles. The highest BCUT2D eigenvalue weighted by atomic mass is 16.5. The molecule has 0 saturated heterocycles. The zero-order valence-electron chi connectivity index (χ0n) is 17.5. The number of carbonyl (C=O) groups excluding carboxylic acids is 3. The number of carbonyl (C=O) groups is 3. The number of nitrogens with one attached hydrogen (secondary N) is 2. The van der Waals surface area contributed by atoms with Crippen molar-refractivity contribution >= 4 is 28.9 Å². The molecule has 0 unspecified atom stereocenters. The Hall–Kier alpha value is -3.75. The molecule has 0 fully saturated rings. The zero-order chi connectivity index (χ0) is 22.2. The summed E-state index contributed by atoms with van der Waals surface area (Å²) in [5, 5.41) is 13.0. The number of benzene rings is 2. The van der Waals surface area contributed by atoms with Crippen molar-refractivity contribution in [1.82, 2.24) is 25.6 Å². The van der Waals surface area contributed by atoms with Gasteiger partial charge in [-0.3, -0.25) is 10.1 Å². The molecule has 0 spiro atoms. The molecule has 2 N–H and O–H groups in total. The minimum Gasteiger partial charge on any atom is -0.452 e. The summed E-state index contributed by atoms with van der Waals surface area (Å²) in [6.07, 6.45) is 0.805. The van der Waals surface area contributed by atoms with Crippen LogP contribution in [0.2, 0.25) is 0 Å². The number of hydrogen-bond acceptors (Lipinski definition) is 6. The van der Waals surface area contributed by atoms with Crippen LogP contribution in [-0.4, -0.2) is 46.1 Å². The maximum atomic E-state index is 12.2. The number of rotatable bonds is 8. The van der Waals surface area contributed by atoms with Gasteiger partial charge in [0.25, 0.3) is 5.91 Å². The molecule has 2 aromatic carbocycles. The Morgan fingerprint density at radius 2 is 1.81 bits per heavy atom.